The summed E-state index contributed by atoms with van der Waals surface area (Å²) in [6.07, 6.45) is 3.56. The Morgan fingerprint density at radius 2 is 1.86 bits per heavy atom. The van der Waals surface area contributed by atoms with Gasteiger partial charge in [0.15, 0.2) is 0 Å². The van der Waals surface area contributed by atoms with E-state index in [9.17, 15) is 15.0 Å². The summed E-state index contributed by atoms with van der Waals surface area (Å²) in [6.45, 7) is 8.75. The van der Waals surface area contributed by atoms with Gasteiger partial charge in [0.25, 0.3) is 0 Å². The van der Waals surface area contributed by atoms with Gasteiger partial charge in [-0.15, -0.1) is 0 Å². The molecular formula is C31H34IO5-. The molecule has 1 aliphatic heterocycles. The Morgan fingerprint density at radius 1 is 1.11 bits per heavy atom. The molecule has 2 saturated carbocycles. The van der Waals surface area contributed by atoms with E-state index in [-0.39, 0.29) is 39.0 Å². The Bertz CT molecular complexity index is 1290. The summed E-state index contributed by atoms with van der Waals surface area (Å²) < 4.78 is 16.6. The fourth-order valence-electron chi connectivity index (χ4n) is 5.56. The number of fused-ring (bicyclic) bond motifs is 3. The van der Waals surface area contributed by atoms with Gasteiger partial charge in [-0.3, -0.25) is 0 Å². The number of rotatable bonds is 9. The van der Waals surface area contributed by atoms with E-state index in [4.69, 9.17) is 9.47 Å². The van der Waals surface area contributed by atoms with Crippen LogP contribution in [0.1, 0.15) is 43.4 Å². The molecule has 196 valence electrons. The van der Waals surface area contributed by atoms with Gasteiger partial charge in [-0.1, -0.05) is 0 Å². The fourth-order valence-corrected chi connectivity index (χ4v) is 7.66. The molecule has 2 aromatic carbocycles. The first-order chi connectivity index (χ1) is 17.6. The normalized spacial score (nSPS) is 22.4. The average Bonchev–Trinajstić information content (AvgIpc) is 3.48. The standard InChI is InChI=1S/C31H34IO5/c1-18-10-23(36-9-8-31(3,4)35)11-19(2)27(18)21-7-5-6-20(12-21)17-37-24-13-22-14-25-28(29(25)30(33)34)26(22)16-32-15-24/h5-7,10-13,15-16,25,28-29,35H,8-9,14,17H2,1-4H3,(H,33,34)/q-1/t25-,28-,29+/m1/s1. The molecule has 2 N–H and O–H groups in total. The Hall–Kier alpha value is -2.58. The molecule has 2 aliphatic carbocycles. The summed E-state index contributed by atoms with van der Waals surface area (Å²) >= 11 is -0.296. The molecule has 6 heteroatoms. The average molecular weight is 614 g/mol. The fraction of sp³-hybridized carbons (Fsp3) is 0.387. The number of halogens is 1. The van der Waals surface area contributed by atoms with Gasteiger partial charge < -0.3 is 5.11 Å². The van der Waals surface area contributed by atoms with Crippen molar-refractivity contribution in [2.45, 2.75) is 52.7 Å². The van der Waals surface area contributed by atoms with E-state index in [1.54, 1.807) is 13.8 Å². The molecule has 5 nitrogen and oxygen atoms in total. The van der Waals surface area contributed by atoms with Gasteiger partial charge in [-0.2, -0.15) is 0 Å². The first-order valence-electron chi connectivity index (χ1n) is 12.8. The van der Waals surface area contributed by atoms with Crippen LogP contribution in [0.5, 0.6) is 5.75 Å². The van der Waals surface area contributed by atoms with Gasteiger partial charge in [0.2, 0.25) is 0 Å². The summed E-state index contributed by atoms with van der Waals surface area (Å²) in [5.41, 5.74) is 7.55. The van der Waals surface area contributed by atoms with Crippen LogP contribution in [-0.2, 0) is 16.1 Å². The molecule has 3 atom stereocenters. The third kappa shape index (κ3) is 5.80. The topological polar surface area (TPSA) is 76.0 Å². The molecule has 0 saturated heterocycles. The molecule has 2 fully saturated rings. The van der Waals surface area contributed by atoms with E-state index in [1.165, 1.54) is 16.7 Å². The van der Waals surface area contributed by atoms with E-state index >= 15 is 0 Å². The Labute approximate surface area is 229 Å². The van der Waals surface area contributed by atoms with Crippen molar-refractivity contribution in [2.24, 2.45) is 17.8 Å². The number of carboxylic acids is 1. The predicted octanol–water partition coefficient (Wildman–Crippen LogP) is 3.13. The van der Waals surface area contributed by atoms with Gasteiger partial charge in [0, 0.05) is 6.42 Å². The minimum absolute atomic E-state index is 0.183. The molecule has 3 aliphatic rings. The quantitative estimate of drug-likeness (QED) is 0.426. The van der Waals surface area contributed by atoms with Crippen molar-refractivity contribution in [1.82, 2.24) is 0 Å². The Kier molecular flexibility index (Phi) is 7.24. The van der Waals surface area contributed by atoms with E-state index in [0.29, 0.717) is 19.6 Å². The maximum atomic E-state index is 11.4. The molecule has 0 amide bonds. The molecule has 2 aromatic rings. The zero-order valence-electron chi connectivity index (χ0n) is 21.8. The summed E-state index contributed by atoms with van der Waals surface area (Å²) in [7, 11) is 0. The first kappa shape index (κ1) is 26.0. The number of hydrogen-bond donors (Lipinski definition) is 2. The predicted molar refractivity (Wildman–Crippen MR) is 140 cm³/mol. The van der Waals surface area contributed by atoms with Crippen molar-refractivity contribution < 1.29 is 45.7 Å². The first-order valence-corrected chi connectivity index (χ1v) is 15.2. The maximum absolute atomic E-state index is 11.4. The summed E-state index contributed by atoms with van der Waals surface area (Å²) in [6, 6.07) is 12.6. The number of carboxylic acid groups (broad SMARTS) is 1. The van der Waals surface area contributed by atoms with Gasteiger partial charge >= 0.3 is 192 Å². The van der Waals surface area contributed by atoms with E-state index in [2.05, 4.69) is 64.5 Å². The molecule has 0 spiro atoms. The van der Waals surface area contributed by atoms with Crippen LogP contribution in [0.15, 0.2) is 67.5 Å². The number of aliphatic carboxylic acids is 1. The monoisotopic (exact) mass is 613 g/mol. The van der Waals surface area contributed by atoms with Crippen molar-refractivity contribution in [3.8, 4) is 16.9 Å². The second-order valence-electron chi connectivity index (χ2n) is 11.0. The van der Waals surface area contributed by atoms with Crippen LogP contribution in [0.25, 0.3) is 11.1 Å². The molecule has 1 heterocycles. The molecule has 0 radical (unpaired) electrons. The van der Waals surface area contributed by atoms with Crippen molar-refractivity contribution in [3.63, 3.8) is 0 Å². The van der Waals surface area contributed by atoms with Crippen LogP contribution in [0, 0.1) is 31.6 Å². The van der Waals surface area contributed by atoms with Gasteiger partial charge in [0.05, 0.1) is 12.2 Å². The number of allylic oxidation sites excluding steroid dienone is 3. The summed E-state index contributed by atoms with van der Waals surface area (Å²) in [4.78, 5) is 11.4. The van der Waals surface area contributed by atoms with Crippen LogP contribution in [0.2, 0.25) is 0 Å². The van der Waals surface area contributed by atoms with Crippen LogP contribution in [0.3, 0.4) is 0 Å². The Balaban J connectivity index is 1.24. The zero-order chi connectivity index (χ0) is 26.3. The summed E-state index contributed by atoms with van der Waals surface area (Å²) in [5, 5.41) is 19.3. The van der Waals surface area contributed by atoms with E-state index in [0.717, 1.165) is 40.2 Å². The number of aliphatic hydroxyl groups is 1. The molecule has 0 unspecified atom stereocenters. The molecule has 0 bridgehead atoms. The number of aryl methyl sites for hydroxylation is 2. The number of ether oxygens (including phenoxy) is 2. The van der Waals surface area contributed by atoms with Crippen LogP contribution >= 0.6 is 0 Å². The number of hydrogen-bond acceptors (Lipinski definition) is 4. The van der Waals surface area contributed by atoms with Gasteiger partial charge in [-0.25, -0.2) is 0 Å². The van der Waals surface area contributed by atoms with Crippen LogP contribution in [-0.4, -0.2) is 28.4 Å². The SMILES string of the molecule is Cc1cc(OCCC(C)(C)O)cc(C)c1-c1cccc(COC2=C[I-]C=C3C(=C2)C[C@H]2[C@H](C(=O)O)[C@@H]32)c1. The minimum atomic E-state index is -0.739. The van der Waals surface area contributed by atoms with Gasteiger partial charge in [0.1, 0.15) is 0 Å². The van der Waals surface area contributed by atoms with Crippen molar-refractivity contribution in [2.75, 3.05) is 6.61 Å². The number of carbonyl (C=O) groups is 1. The zero-order valence-corrected chi connectivity index (χ0v) is 23.9. The summed E-state index contributed by atoms with van der Waals surface area (Å²) in [5.74, 6) is 1.40. The molecular weight excluding hydrogens is 579 g/mol. The molecule has 0 aromatic heterocycles. The molecule has 5 rings (SSSR count). The van der Waals surface area contributed by atoms with Gasteiger partial charge in [-0.05, 0) is 13.8 Å². The van der Waals surface area contributed by atoms with Crippen LogP contribution in [0.4, 0.5) is 0 Å². The second kappa shape index (κ2) is 10.3. The Morgan fingerprint density at radius 3 is 2.57 bits per heavy atom. The third-order valence-electron chi connectivity index (χ3n) is 7.42. The number of benzene rings is 2. The van der Waals surface area contributed by atoms with Crippen LogP contribution < -0.4 is 25.9 Å². The third-order valence-corrected chi connectivity index (χ3v) is 9.42. The van der Waals surface area contributed by atoms with Crippen molar-refractivity contribution in [3.05, 3.63) is 84.2 Å². The van der Waals surface area contributed by atoms with Crippen molar-refractivity contribution in [1.29, 1.82) is 0 Å². The van der Waals surface area contributed by atoms with Crippen molar-refractivity contribution >= 4 is 5.97 Å². The van der Waals surface area contributed by atoms with E-state index in [1.807, 2.05) is 0 Å². The second-order valence-corrected chi connectivity index (χ2v) is 12.9. The van der Waals surface area contributed by atoms with E-state index < -0.39 is 11.6 Å². The molecule has 37 heavy (non-hydrogen) atoms.